The predicted molar refractivity (Wildman–Crippen MR) is 81.2 cm³/mol. The summed E-state index contributed by atoms with van der Waals surface area (Å²) in [6.45, 7) is 3.14. The van der Waals surface area contributed by atoms with E-state index in [2.05, 4.69) is 9.97 Å². The average molecular weight is 318 g/mol. The van der Waals surface area contributed by atoms with Gasteiger partial charge in [0.1, 0.15) is 4.88 Å². The van der Waals surface area contributed by atoms with E-state index in [0.717, 1.165) is 17.0 Å². The lowest BCUT2D eigenvalue weighted by atomic mass is 10.3. The molecule has 0 atom stereocenters. The molecule has 2 aromatic heterocycles. The standard InChI is InChI=1S/C14H14N4O3S/c1-9-11(12(19)20)22-13(16-9)18-7-6-17(14(18)21)8-10-4-2-3-5-15-10/h2-5H,6-8H2,1H3,(H,19,20). The van der Waals surface area contributed by atoms with E-state index in [1.165, 1.54) is 4.90 Å². The monoisotopic (exact) mass is 318 g/mol. The summed E-state index contributed by atoms with van der Waals surface area (Å²) in [6, 6.07) is 5.40. The van der Waals surface area contributed by atoms with E-state index >= 15 is 0 Å². The Morgan fingerprint density at radius 2 is 2.23 bits per heavy atom. The molecule has 3 heterocycles. The number of nitrogens with zero attached hydrogens (tertiary/aromatic N) is 4. The number of aromatic nitrogens is 2. The van der Waals surface area contributed by atoms with Gasteiger partial charge in [0.2, 0.25) is 0 Å². The van der Waals surface area contributed by atoms with Crippen LogP contribution in [-0.4, -0.2) is 45.1 Å². The molecule has 1 fully saturated rings. The van der Waals surface area contributed by atoms with Crippen LogP contribution < -0.4 is 4.90 Å². The molecule has 1 N–H and O–H groups in total. The number of anilines is 1. The summed E-state index contributed by atoms with van der Waals surface area (Å²) in [5.74, 6) is -1.02. The molecule has 2 aromatic rings. The number of rotatable bonds is 4. The van der Waals surface area contributed by atoms with E-state index in [9.17, 15) is 9.59 Å². The van der Waals surface area contributed by atoms with Crippen LogP contribution in [0.5, 0.6) is 0 Å². The van der Waals surface area contributed by atoms with Crippen LogP contribution in [0.25, 0.3) is 0 Å². The Kier molecular flexibility index (Phi) is 3.76. The quantitative estimate of drug-likeness (QED) is 0.931. The summed E-state index contributed by atoms with van der Waals surface area (Å²) < 4.78 is 0. The van der Waals surface area contributed by atoms with E-state index in [4.69, 9.17) is 5.11 Å². The first-order chi connectivity index (χ1) is 10.6. The van der Waals surface area contributed by atoms with Gasteiger partial charge in [0, 0.05) is 19.3 Å². The second-order valence-electron chi connectivity index (χ2n) is 4.89. The van der Waals surface area contributed by atoms with Gasteiger partial charge in [-0.2, -0.15) is 0 Å². The van der Waals surface area contributed by atoms with Gasteiger partial charge >= 0.3 is 12.0 Å². The lowest BCUT2D eigenvalue weighted by molar-refractivity contribution is 0.0701. The van der Waals surface area contributed by atoms with Crippen LogP contribution in [0, 0.1) is 6.92 Å². The first-order valence-electron chi connectivity index (χ1n) is 6.73. The molecule has 2 amide bonds. The Labute approximate surface area is 130 Å². The number of amides is 2. The van der Waals surface area contributed by atoms with Gasteiger partial charge in [-0.25, -0.2) is 14.6 Å². The molecule has 0 saturated carbocycles. The minimum Gasteiger partial charge on any atom is -0.477 e. The Balaban J connectivity index is 1.76. The minimum absolute atomic E-state index is 0.170. The topological polar surface area (TPSA) is 86.6 Å². The zero-order chi connectivity index (χ0) is 15.7. The van der Waals surface area contributed by atoms with Crippen molar-refractivity contribution in [3.05, 3.63) is 40.7 Å². The summed E-state index contributed by atoms with van der Waals surface area (Å²) in [7, 11) is 0. The number of carboxylic acids is 1. The highest BCUT2D eigenvalue weighted by molar-refractivity contribution is 7.17. The summed E-state index contributed by atoms with van der Waals surface area (Å²) in [5, 5.41) is 9.52. The van der Waals surface area contributed by atoms with Crippen LogP contribution in [0.3, 0.4) is 0 Å². The maximum Gasteiger partial charge on any atom is 0.347 e. The van der Waals surface area contributed by atoms with Crippen LogP contribution in [0.4, 0.5) is 9.93 Å². The van der Waals surface area contributed by atoms with E-state index < -0.39 is 5.97 Å². The predicted octanol–water partition coefficient (Wildman–Crippen LogP) is 1.99. The molecule has 1 aliphatic heterocycles. The fourth-order valence-corrected chi connectivity index (χ4v) is 3.22. The fraction of sp³-hybridized carbons (Fsp3) is 0.286. The fourth-order valence-electron chi connectivity index (χ4n) is 2.29. The number of carbonyl (C=O) groups is 2. The van der Waals surface area contributed by atoms with Crippen LogP contribution in [0.1, 0.15) is 21.1 Å². The van der Waals surface area contributed by atoms with Gasteiger partial charge in [0.25, 0.3) is 0 Å². The number of thiazole rings is 1. The Hall–Kier alpha value is -2.48. The molecule has 8 heteroatoms. The summed E-state index contributed by atoms with van der Waals surface area (Å²) in [4.78, 5) is 35.3. The van der Waals surface area contributed by atoms with Crippen LogP contribution >= 0.6 is 11.3 Å². The molecular weight excluding hydrogens is 304 g/mol. The van der Waals surface area contributed by atoms with Crippen molar-refractivity contribution >= 4 is 28.5 Å². The number of aryl methyl sites for hydroxylation is 1. The van der Waals surface area contributed by atoms with Crippen LogP contribution in [-0.2, 0) is 6.54 Å². The molecular formula is C14H14N4O3S. The Morgan fingerprint density at radius 1 is 1.41 bits per heavy atom. The first kappa shape index (κ1) is 14.5. The van der Waals surface area contributed by atoms with Crippen molar-refractivity contribution in [2.75, 3.05) is 18.0 Å². The normalized spacial score (nSPS) is 14.7. The number of pyridine rings is 1. The summed E-state index contributed by atoms with van der Waals surface area (Å²) in [6.07, 6.45) is 1.69. The molecule has 0 unspecified atom stereocenters. The third-order valence-electron chi connectivity index (χ3n) is 3.38. The molecule has 0 bridgehead atoms. The van der Waals surface area contributed by atoms with Gasteiger partial charge in [-0.15, -0.1) is 0 Å². The molecule has 0 aliphatic carbocycles. The smallest absolute Gasteiger partial charge is 0.347 e. The highest BCUT2D eigenvalue weighted by atomic mass is 32.1. The van der Waals surface area contributed by atoms with Crippen molar-refractivity contribution < 1.29 is 14.7 Å². The van der Waals surface area contributed by atoms with Crippen molar-refractivity contribution in [1.82, 2.24) is 14.9 Å². The van der Waals surface area contributed by atoms with Gasteiger partial charge in [-0.05, 0) is 19.1 Å². The van der Waals surface area contributed by atoms with E-state index in [1.807, 2.05) is 18.2 Å². The maximum atomic E-state index is 12.4. The van der Waals surface area contributed by atoms with Crippen LogP contribution in [0.15, 0.2) is 24.4 Å². The van der Waals surface area contributed by atoms with E-state index in [0.29, 0.717) is 30.5 Å². The van der Waals surface area contributed by atoms with Crippen molar-refractivity contribution in [2.45, 2.75) is 13.5 Å². The largest absolute Gasteiger partial charge is 0.477 e. The zero-order valence-corrected chi connectivity index (χ0v) is 12.7. The highest BCUT2D eigenvalue weighted by Crippen LogP contribution is 2.29. The third-order valence-corrected chi connectivity index (χ3v) is 4.55. The van der Waals surface area contributed by atoms with Crippen LogP contribution in [0.2, 0.25) is 0 Å². The minimum atomic E-state index is -1.02. The molecule has 22 heavy (non-hydrogen) atoms. The number of urea groups is 1. The SMILES string of the molecule is Cc1nc(N2CCN(Cc3ccccn3)C2=O)sc1C(=O)O. The number of hydrogen-bond acceptors (Lipinski definition) is 5. The molecule has 7 nitrogen and oxygen atoms in total. The highest BCUT2D eigenvalue weighted by Gasteiger charge is 2.32. The number of hydrogen-bond donors (Lipinski definition) is 1. The van der Waals surface area contributed by atoms with E-state index in [-0.39, 0.29) is 10.9 Å². The Bertz CT molecular complexity index is 716. The van der Waals surface area contributed by atoms with Crippen molar-refractivity contribution in [1.29, 1.82) is 0 Å². The summed E-state index contributed by atoms with van der Waals surface area (Å²) >= 11 is 1.03. The second kappa shape index (κ2) is 5.72. The Morgan fingerprint density at radius 3 is 2.86 bits per heavy atom. The second-order valence-corrected chi connectivity index (χ2v) is 5.87. The van der Waals surface area contributed by atoms with E-state index in [1.54, 1.807) is 18.0 Å². The number of carboxylic acid groups (broad SMARTS) is 1. The molecule has 0 aromatic carbocycles. The molecule has 3 rings (SSSR count). The van der Waals surface area contributed by atoms with Gasteiger partial charge in [0.15, 0.2) is 5.13 Å². The maximum absolute atomic E-state index is 12.4. The first-order valence-corrected chi connectivity index (χ1v) is 7.55. The lowest BCUT2D eigenvalue weighted by Gasteiger charge is -2.16. The lowest BCUT2D eigenvalue weighted by Crippen LogP contribution is -2.31. The average Bonchev–Trinajstić information content (AvgIpc) is 3.04. The van der Waals surface area contributed by atoms with Crippen molar-refractivity contribution in [2.24, 2.45) is 0 Å². The zero-order valence-electron chi connectivity index (χ0n) is 11.9. The third kappa shape index (κ3) is 2.64. The molecule has 1 saturated heterocycles. The molecule has 0 radical (unpaired) electrons. The molecule has 1 aliphatic rings. The van der Waals surface area contributed by atoms with Gasteiger partial charge in [0.05, 0.1) is 17.9 Å². The molecule has 0 spiro atoms. The number of carbonyl (C=O) groups excluding carboxylic acids is 1. The van der Waals surface area contributed by atoms with Crippen molar-refractivity contribution in [3.63, 3.8) is 0 Å². The number of aromatic carboxylic acids is 1. The van der Waals surface area contributed by atoms with Crippen molar-refractivity contribution in [3.8, 4) is 0 Å². The van der Waals surface area contributed by atoms with Gasteiger partial charge in [-0.3, -0.25) is 9.88 Å². The van der Waals surface area contributed by atoms with Gasteiger partial charge < -0.3 is 10.0 Å². The summed E-state index contributed by atoms with van der Waals surface area (Å²) in [5.41, 5.74) is 1.25. The molecule has 114 valence electrons. The van der Waals surface area contributed by atoms with Gasteiger partial charge in [-0.1, -0.05) is 17.4 Å².